The molecule has 1 aromatic carbocycles. The number of cyclic esters (lactones) is 1. The van der Waals surface area contributed by atoms with Crippen LogP contribution in [0.3, 0.4) is 0 Å². The number of methoxy groups -OCH3 is 1. The van der Waals surface area contributed by atoms with Gasteiger partial charge in [-0.1, -0.05) is 20.8 Å². The Hall–Kier alpha value is -2.13. The zero-order valence-corrected chi connectivity index (χ0v) is 21.1. The summed E-state index contributed by atoms with van der Waals surface area (Å²) in [7, 11) is 1.65. The molecule has 2 spiro atoms. The Morgan fingerprint density at radius 1 is 1.14 bits per heavy atom. The first-order valence-electron chi connectivity index (χ1n) is 13.2. The molecule has 7 aliphatic rings. The number of benzene rings is 1. The Morgan fingerprint density at radius 2 is 1.92 bits per heavy atom. The molecule has 192 valence electrons. The van der Waals surface area contributed by atoms with Crippen LogP contribution in [-0.4, -0.2) is 72.1 Å². The maximum Gasteiger partial charge on any atom is 0.334 e. The van der Waals surface area contributed by atoms with Crippen molar-refractivity contribution in [2.24, 2.45) is 17.3 Å². The van der Waals surface area contributed by atoms with Gasteiger partial charge in [-0.3, -0.25) is 0 Å². The predicted molar refractivity (Wildman–Crippen MR) is 128 cm³/mol. The standard InChI is InChI=1S/C28H33NO7/c1-14(2)26-21(35-26)22-28(36-22)24(3)10-9-17-18(12-33-23(17)30)19(24)11-20-27(28,34-20)25(26,31)13-29-15-5-7-16(32-4)8-6-15/h5-8,14,19-22,29,31H,9-13H2,1-4H3/t19-,20-,21-,22-,24-,25-,26-,27+,28+/m0/s1. The van der Waals surface area contributed by atoms with Crippen LogP contribution in [0.25, 0.3) is 0 Å². The second-order valence-electron chi connectivity index (χ2n) is 12.3. The number of hydrogen-bond donors (Lipinski definition) is 2. The van der Waals surface area contributed by atoms with Crippen molar-refractivity contribution in [2.75, 3.05) is 25.6 Å². The molecular weight excluding hydrogens is 462 g/mol. The second kappa shape index (κ2) is 6.29. The van der Waals surface area contributed by atoms with Crippen molar-refractivity contribution in [1.29, 1.82) is 0 Å². The highest BCUT2D eigenvalue weighted by atomic mass is 16.7. The van der Waals surface area contributed by atoms with Gasteiger partial charge in [-0.05, 0) is 60.9 Å². The van der Waals surface area contributed by atoms with Crippen LogP contribution in [0.4, 0.5) is 5.69 Å². The molecule has 4 aliphatic heterocycles. The van der Waals surface area contributed by atoms with E-state index in [-0.39, 0.29) is 41.5 Å². The third kappa shape index (κ3) is 2.04. The maximum atomic E-state index is 12.9. The molecule has 4 heterocycles. The summed E-state index contributed by atoms with van der Waals surface area (Å²) in [6.45, 7) is 7.18. The normalized spacial score (nSPS) is 50.7. The highest BCUT2D eigenvalue weighted by molar-refractivity contribution is 5.92. The van der Waals surface area contributed by atoms with E-state index < -0.39 is 22.4 Å². The molecule has 3 saturated heterocycles. The molecule has 2 N–H and O–H groups in total. The summed E-state index contributed by atoms with van der Waals surface area (Å²) in [5, 5.41) is 16.4. The van der Waals surface area contributed by atoms with Gasteiger partial charge < -0.3 is 34.1 Å². The molecule has 8 heteroatoms. The maximum absolute atomic E-state index is 12.9. The zero-order chi connectivity index (χ0) is 24.9. The summed E-state index contributed by atoms with van der Waals surface area (Å²) in [5.41, 5.74) is -0.926. The first-order valence-corrected chi connectivity index (χ1v) is 13.2. The fraction of sp³-hybridized carbons (Fsp3) is 0.679. The first-order chi connectivity index (χ1) is 17.2. The van der Waals surface area contributed by atoms with Gasteiger partial charge in [0.25, 0.3) is 0 Å². The number of esters is 1. The smallest absolute Gasteiger partial charge is 0.334 e. The summed E-state index contributed by atoms with van der Waals surface area (Å²) in [5.74, 6) is 0.839. The number of carbonyl (C=O) groups excluding carboxylic acids is 1. The van der Waals surface area contributed by atoms with Crippen LogP contribution in [-0.2, 0) is 23.7 Å². The Labute approximate surface area is 210 Å². The van der Waals surface area contributed by atoms with E-state index in [1.165, 1.54) is 0 Å². The largest absolute Gasteiger partial charge is 0.497 e. The molecule has 8 nitrogen and oxygen atoms in total. The molecule has 0 aromatic heterocycles. The van der Waals surface area contributed by atoms with Crippen molar-refractivity contribution >= 4 is 11.7 Å². The van der Waals surface area contributed by atoms with E-state index in [9.17, 15) is 9.90 Å². The SMILES string of the molecule is COc1ccc(NC[C@@]2(O)[C@]34O[C@H]3C[C@H]3C5=C(CC[C@]3(C)[C@@]43O[C@H]3[C@@H]3O[C@@]32C(C)C)C(=O)OC5)cc1. The lowest BCUT2D eigenvalue weighted by atomic mass is 9.44. The molecule has 3 aliphatic carbocycles. The van der Waals surface area contributed by atoms with E-state index in [0.717, 1.165) is 35.4 Å². The lowest BCUT2D eigenvalue weighted by molar-refractivity contribution is -0.159. The van der Waals surface area contributed by atoms with Crippen LogP contribution in [0.2, 0.25) is 0 Å². The average Bonchev–Trinajstić information content (AvgIpc) is 3.76. The van der Waals surface area contributed by atoms with E-state index >= 15 is 0 Å². The van der Waals surface area contributed by atoms with E-state index in [4.69, 9.17) is 23.7 Å². The number of aliphatic hydroxyl groups is 1. The van der Waals surface area contributed by atoms with Gasteiger partial charge in [-0.15, -0.1) is 0 Å². The Kier molecular flexibility index (Phi) is 3.83. The summed E-state index contributed by atoms with van der Waals surface area (Å²) >= 11 is 0. The van der Waals surface area contributed by atoms with Crippen LogP contribution in [0.1, 0.15) is 40.0 Å². The van der Waals surface area contributed by atoms with E-state index in [1.807, 2.05) is 24.3 Å². The quantitative estimate of drug-likeness (QED) is 0.475. The number of ether oxygens (including phenoxy) is 5. The van der Waals surface area contributed by atoms with Crippen molar-refractivity contribution in [3.05, 3.63) is 35.4 Å². The molecule has 0 bridgehead atoms. The lowest BCUT2D eigenvalue weighted by Gasteiger charge is -2.56. The minimum Gasteiger partial charge on any atom is -0.497 e. The van der Waals surface area contributed by atoms with Crippen molar-refractivity contribution in [2.45, 2.75) is 80.7 Å². The molecule has 0 amide bonds. The van der Waals surface area contributed by atoms with Crippen molar-refractivity contribution < 1.29 is 33.6 Å². The topological polar surface area (TPSA) is 105 Å². The highest BCUT2D eigenvalue weighted by Gasteiger charge is 3.04. The minimum atomic E-state index is -1.29. The van der Waals surface area contributed by atoms with Crippen LogP contribution in [0, 0.1) is 17.3 Å². The molecule has 36 heavy (non-hydrogen) atoms. The lowest BCUT2D eigenvalue weighted by Crippen LogP contribution is -2.77. The number of anilines is 1. The minimum absolute atomic E-state index is 0.0821. The Bertz CT molecular complexity index is 1230. The van der Waals surface area contributed by atoms with E-state index in [2.05, 4.69) is 26.1 Å². The number of hydrogen-bond acceptors (Lipinski definition) is 8. The third-order valence-electron chi connectivity index (χ3n) is 11.0. The Balaban J connectivity index is 1.22. The van der Waals surface area contributed by atoms with Crippen LogP contribution in [0.15, 0.2) is 35.4 Å². The summed E-state index contributed by atoms with van der Waals surface area (Å²) in [6, 6.07) is 7.72. The number of fused-ring (bicyclic) bond motifs is 4. The molecule has 9 atom stereocenters. The molecule has 8 rings (SSSR count). The second-order valence-corrected chi connectivity index (χ2v) is 12.3. The predicted octanol–water partition coefficient (Wildman–Crippen LogP) is 2.59. The van der Waals surface area contributed by atoms with Gasteiger partial charge in [0, 0.05) is 23.2 Å². The Morgan fingerprint density at radius 3 is 2.64 bits per heavy atom. The van der Waals surface area contributed by atoms with E-state index in [0.29, 0.717) is 19.6 Å². The van der Waals surface area contributed by atoms with Gasteiger partial charge in [-0.25, -0.2) is 4.79 Å². The van der Waals surface area contributed by atoms with Gasteiger partial charge in [0.15, 0.2) is 5.60 Å². The summed E-state index contributed by atoms with van der Waals surface area (Å²) in [6.07, 6.45) is 1.80. The zero-order valence-electron chi connectivity index (χ0n) is 21.1. The van der Waals surface area contributed by atoms with Gasteiger partial charge >= 0.3 is 5.97 Å². The van der Waals surface area contributed by atoms with Crippen molar-refractivity contribution in [3.63, 3.8) is 0 Å². The molecule has 0 unspecified atom stereocenters. The molecular formula is C28H33NO7. The molecule has 0 radical (unpaired) electrons. The van der Waals surface area contributed by atoms with Crippen LogP contribution < -0.4 is 10.1 Å². The van der Waals surface area contributed by atoms with Gasteiger partial charge in [-0.2, -0.15) is 0 Å². The van der Waals surface area contributed by atoms with Gasteiger partial charge in [0.05, 0.1) is 13.2 Å². The van der Waals surface area contributed by atoms with Crippen molar-refractivity contribution in [1.82, 2.24) is 0 Å². The molecule has 5 fully saturated rings. The van der Waals surface area contributed by atoms with Crippen molar-refractivity contribution in [3.8, 4) is 5.75 Å². The number of carbonyl (C=O) groups is 1. The average molecular weight is 496 g/mol. The number of nitrogens with one attached hydrogen (secondary N) is 1. The first kappa shape index (κ1) is 21.9. The number of epoxide rings is 3. The van der Waals surface area contributed by atoms with Gasteiger partial charge in [0.2, 0.25) is 0 Å². The third-order valence-corrected chi connectivity index (χ3v) is 11.0. The fourth-order valence-corrected chi connectivity index (χ4v) is 9.29. The van der Waals surface area contributed by atoms with Crippen LogP contribution in [0.5, 0.6) is 5.75 Å². The molecule has 2 saturated carbocycles. The van der Waals surface area contributed by atoms with E-state index in [1.54, 1.807) is 7.11 Å². The van der Waals surface area contributed by atoms with Gasteiger partial charge in [0.1, 0.15) is 41.4 Å². The summed E-state index contributed by atoms with van der Waals surface area (Å²) < 4.78 is 30.7. The highest BCUT2D eigenvalue weighted by Crippen LogP contribution is 2.85. The fourth-order valence-electron chi connectivity index (χ4n) is 9.29. The van der Waals surface area contributed by atoms with Crippen LogP contribution >= 0.6 is 0 Å². The molecule has 1 aromatic rings. The monoisotopic (exact) mass is 495 g/mol. The summed E-state index contributed by atoms with van der Waals surface area (Å²) in [4.78, 5) is 12.4. The number of rotatable bonds is 5.